The summed E-state index contributed by atoms with van der Waals surface area (Å²) in [7, 11) is 0. The maximum absolute atomic E-state index is 12.1. The van der Waals surface area contributed by atoms with Crippen LogP contribution in [0.25, 0.3) is 0 Å². The van der Waals surface area contributed by atoms with Crippen LogP contribution in [0.1, 0.15) is 33.1 Å². The van der Waals surface area contributed by atoms with E-state index in [1.54, 1.807) is 0 Å². The highest BCUT2D eigenvalue weighted by atomic mass is 16.4. The molecule has 102 valence electrons. The Balaban J connectivity index is 2.01. The van der Waals surface area contributed by atoms with E-state index in [1.807, 2.05) is 13.8 Å². The lowest BCUT2D eigenvalue weighted by Gasteiger charge is -2.30. The van der Waals surface area contributed by atoms with Gasteiger partial charge in [0.05, 0.1) is 6.10 Å². The fraction of sp³-hybridized carbons (Fsp3) is 0.833. The van der Waals surface area contributed by atoms with Gasteiger partial charge >= 0.3 is 12.0 Å². The molecule has 1 saturated heterocycles. The van der Waals surface area contributed by atoms with E-state index in [2.05, 4.69) is 5.32 Å². The van der Waals surface area contributed by atoms with Crippen LogP contribution in [0.2, 0.25) is 0 Å². The number of β-amino-alcohol motifs (C(OH)–C–C–N with tert-alkyl or cyclic N) is 1. The predicted molar refractivity (Wildman–Crippen MR) is 64.1 cm³/mol. The number of nitrogens with one attached hydrogen (secondary N) is 1. The lowest BCUT2D eigenvalue weighted by Crippen LogP contribution is -2.53. The quantitative estimate of drug-likeness (QED) is 0.682. The van der Waals surface area contributed by atoms with Gasteiger partial charge < -0.3 is 20.4 Å². The van der Waals surface area contributed by atoms with Gasteiger partial charge in [0.15, 0.2) is 0 Å². The Morgan fingerprint density at radius 3 is 2.44 bits per heavy atom. The van der Waals surface area contributed by atoms with E-state index in [9.17, 15) is 14.7 Å². The molecule has 3 N–H and O–H groups in total. The van der Waals surface area contributed by atoms with Crippen molar-refractivity contribution < 1.29 is 19.8 Å². The molecule has 6 heteroatoms. The molecular formula is C12H20N2O4. The molecule has 0 aromatic carbocycles. The van der Waals surface area contributed by atoms with Gasteiger partial charge in [-0.1, -0.05) is 0 Å². The summed E-state index contributed by atoms with van der Waals surface area (Å²) in [6, 6.07) is -1.31. The van der Waals surface area contributed by atoms with Crippen LogP contribution in [-0.2, 0) is 4.79 Å². The monoisotopic (exact) mass is 256 g/mol. The van der Waals surface area contributed by atoms with Crippen molar-refractivity contribution in [2.24, 2.45) is 5.92 Å². The third-order valence-electron chi connectivity index (χ3n) is 3.85. The molecule has 0 unspecified atom stereocenters. The third-order valence-corrected chi connectivity index (χ3v) is 3.85. The van der Waals surface area contributed by atoms with Crippen LogP contribution >= 0.6 is 0 Å². The Hall–Kier alpha value is -1.30. The van der Waals surface area contributed by atoms with E-state index >= 15 is 0 Å². The molecule has 18 heavy (non-hydrogen) atoms. The number of aliphatic hydroxyl groups is 1. The molecule has 0 bridgehead atoms. The second-order valence-corrected chi connectivity index (χ2v) is 5.82. The van der Waals surface area contributed by atoms with Crippen molar-refractivity contribution in [1.82, 2.24) is 10.2 Å². The van der Waals surface area contributed by atoms with Gasteiger partial charge in [0, 0.05) is 18.5 Å². The smallest absolute Gasteiger partial charge is 0.326 e. The summed E-state index contributed by atoms with van der Waals surface area (Å²) in [6.45, 7) is 3.99. The summed E-state index contributed by atoms with van der Waals surface area (Å²) in [5.41, 5.74) is -0.312. The lowest BCUT2D eigenvalue weighted by molar-refractivity contribution is -0.141. The molecule has 2 aliphatic rings. The van der Waals surface area contributed by atoms with Crippen LogP contribution in [-0.4, -0.2) is 51.3 Å². The van der Waals surface area contributed by atoms with Gasteiger partial charge in [-0.05, 0) is 32.6 Å². The zero-order chi connectivity index (χ0) is 13.5. The van der Waals surface area contributed by atoms with Gasteiger partial charge in [0.25, 0.3) is 0 Å². The molecule has 0 aromatic rings. The molecule has 2 amide bonds. The first-order valence-electron chi connectivity index (χ1n) is 6.31. The van der Waals surface area contributed by atoms with Gasteiger partial charge in [-0.2, -0.15) is 0 Å². The zero-order valence-corrected chi connectivity index (χ0v) is 10.7. The fourth-order valence-electron chi connectivity index (χ4n) is 2.53. The molecule has 0 radical (unpaired) electrons. The van der Waals surface area contributed by atoms with Crippen LogP contribution in [0, 0.1) is 5.92 Å². The van der Waals surface area contributed by atoms with Crippen LogP contribution in [0.5, 0.6) is 0 Å². The molecule has 2 atom stereocenters. The summed E-state index contributed by atoms with van der Waals surface area (Å²) < 4.78 is 0. The van der Waals surface area contributed by atoms with Crippen molar-refractivity contribution in [2.45, 2.75) is 50.8 Å². The summed E-state index contributed by atoms with van der Waals surface area (Å²) in [6.07, 6.45) is 1.55. The minimum absolute atomic E-state index is 0.0869. The number of aliphatic carboxylic acids is 1. The van der Waals surface area contributed by atoms with E-state index in [0.29, 0.717) is 5.92 Å². The van der Waals surface area contributed by atoms with E-state index in [-0.39, 0.29) is 18.5 Å². The number of hydrogen-bond acceptors (Lipinski definition) is 3. The number of rotatable bonds is 3. The number of carbonyl (C=O) groups excluding carboxylic acids is 1. The van der Waals surface area contributed by atoms with E-state index in [4.69, 9.17) is 5.11 Å². The minimum Gasteiger partial charge on any atom is -0.480 e. The standard InChI is InChI=1S/C12H20N2O4/c1-12(2,7-3-4-7)13-11(18)14-6-8(15)5-9(14)10(16)17/h7-9,15H,3-6H2,1-2H3,(H,13,18)(H,16,17)/t8-,9+/m1/s1. The van der Waals surface area contributed by atoms with Crippen molar-refractivity contribution in [3.05, 3.63) is 0 Å². The Morgan fingerprint density at radius 1 is 1.33 bits per heavy atom. The number of carboxylic acids is 1. The van der Waals surface area contributed by atoms with E-state index < -0.39 is 24.1 Å². The first-order valence-corrected chi connectivity index (χ1v) is 6.31. The maximum atomic E-state index is 12.1. The van der Waals surface area contributed by atoms with Crippen molar-refractivity contribution >= 4 is 12.0 Å². The predicted octanol–water partition coefficient (Wildman–Crippen LogP) is 0.404. The highest BCUT2D eigenvalue weighted by Crippen LogP contribution is 2.39. The average Bonchev–Trinajstić information content (AvgIpc) is 3.01. The highest BCUT2D eigenvalue weighted by Gasteiger charge is 2.43. The second-order valence-electron chi connectivity index (χ2n) is 5.82. The minimum atomic E-state index is -1.06. The van der Waals surface area contributed by atoms with E-state index in [0.717, 1.165) is 12.8 Å². The molecule has 2 fully saturated rings. The molecule has 1 aliphatic carbocycles. The summed E-state index contributed by atoms with van der Waals surface area (Å²) in [5.74, 6) is -0.594. The number of amides is 2. The maximum Gasteiger partial charge on any atom is 0.326 e. The topological polar surface area (TPSA) is 89.9 Å². The number of carboxylic acid groups (broad SMARTS) is 1. The fourth-order valence-corrected chi connectivity index (χ4v) is 2.53. The van der Waals surface area contributed by atoms with Crippen LogP contribution in [0.15, 0.2) is 0 Å². The van der Waals surface area contributed by atoms with Gasteiger partial charge in [0.2, 0.25) is 0 Å². The number of carbonyl (C=O) groups is 2. The molecule has 1 heterocycles. The Morgan fingerprint density at radius 2 is 1.94 bits per heavy atom. The van der Waals surface area contributed by atoms with Crippen LogP contribution in [0.4, 0.5) is 4.79 Å². The molecule has 1 saturated carbocycles. The van der Waals surface area contributed by atoms with Gasteiger partial charge in [-0.25, -0.2) is 9.59 Å². The lowest BCUT2D eigenvalue weighted by atomic mass is 9.99. The Kier molecular flexibility index (Phi) is 3.23. The van der Waals surface area contributed by atoms with Crippen LogP contribution < -0.4 is 5.32 Å². The van der Waals surface area contributed by atoms with Crippen molar-refractivity contribution in [2.75, 3.05) is 6.54 Å². The highest BCUT2D eigenvalue weighted by molar-refractivity contribution is 5.83. The molecule has 0 spiro atoms. The molecular weight excluding hydrogens is 236 g/mol. The zero-order valence-electron chi connectivity index (χ0n) is 10.7. The molecule has 1 aliphatic heterocycles. The van der Waals surface area contributed by atoms with Crippen LogP contribution in [0.3, 0.4) is 0 Å². The van der Waals surface area contributed by atoms with Gasteiger partial charge in [-0.15, -0.1) is 0 Å². The molecule has 6 nitrogen and oxygen atoms in total. The molecule has 2 rings (SSSR count). The number of nitrogens with zero attached hydrogens (tertiary/aromatic N) is 1. The molecule has 0 aromatic heterocycles. The first kappa shape index (κ1) is 13.1. The largest absolute Gasteiger partial charge is 0.480 e. The second kappa shape index (κ2) is 4.42. The Labute approximate surface area is 106 Å². The Bertz CT molecular complexity index is 365. The summed E-state index contributed by atoms with van der Waals surface area (Å²) >= 11 is 0. The van der Waals surface area contributed by atoms with Crippen molar-refractivity contribution in [3.8, 4) is 0 Å². The van der Waals surface area contributed by atoms with E-state index in [1.165, 1.54) is 4.90 Å². The SMILES string of the molecule is CC(C)(NC(=O)N1C[C@H](O)C[C@H]1C(=O)O)C1CC1. The summed E-state index contributed by atoms with van der Waals surface area (Å²) in [5, 5.41) is 21.4. The van der Waals surface area contributed by atoms with Gasteiger partial charge in [-0.3, -0.25) is 0 Å². The van der Waals surface area contributed by atoms with Crippen molar-refractivity contribution in [1.29, 1.82) is 0 Å². The summed E-state index contributed by atoms with van der Waals surface area (Å²) in [4.78, 5) is 24.4. The number of urea groups is 1. The number of hydrogen-bond donors (Lipinski definition) is 3. The average molecular weight is 256 g/mol. The number of aliphatic hydroxyl groups excluding tert-OH is 1. The normalized spacial score (nSPS) is 28.3. The van der Waals surface area contributed by atoms with Gasteiger partial charge in [0.1, 0.15) is 6.04 Å². The number of likely N-dealkylation sites (tertiary alicyclic amines) is 1. The van der Waals surface area contributed by atoms with Crippen molar-refractivity contribution in [3.63, 3.8) is 0 Å². The first-order chi connectivity index (χ1) is 8.31. The third kappa shape index (κ3) is 2.58.